The number of nitrogens with zero attached hydrogens (tertiary/aromatic N) is 1. The van der Waals surface area contributed by atoms with Crippen molar-refractivity contribution in [1.29, 1.82) is 0 Å². The Bertz CT molecular complexity index is 369. The Kier molecular flexibility index (Phi) is 5.33. The second-order valence-corrected chi connectivity index (χ2v) is 4.12. The first-order chi connectivity index (χ1) is 8.15. The first-order valence-electron chi connectivity index (χ1n) is 5.80. The van der Waals surface area contributed by atoms with Gasteiger partial charge in [-0.3, -0.25) is 0 Å². The lowest BCUT2D eigenvalue weighted by atomic mass is 10.1. The van der Waals surface area contributed by atoms with E-state index in [0.717, 1.165) is 29.7 Å². The van der Waals surface area contributed by atoms with Crippen molar-refractivity contribution in [3.8, 4) is 5.75 Å². The Labute approximate surface area is 102 Å². The largest absolute Gasteiger partial charge is 0.493 e. The van der Waals surface area contributed by atoms with Crippen molar-refractivity contribution in [3.63, 3.8) is 0 Å². The van der Waals surface area contributed by atoms with Gasteiger partial charge in [0.25, 0.3) is 0 Å². The van der Waals surface area contributed by atoms with Crippen LogP contribution in [-0.2, 0) is 0 Å². The third-order valence-electron chi connectivity index (χ3n) is 2.61. The fraction of sp³-hybridized carbons (Fsp3) is 0.462. The summed E-state index contributed by atoms with van der Waals surface area (Å²) in [5, 5.41) is 11.3. The Morgan fingerprint density at radius 3 is 2.53 bits per heavy atom. The van der Waals surface area contributed by atoms with Crippen LogP contribution in [0.2, 0.25) is 0 Å². The molecule has 0 bridgehead atoms. The topological polar surface area (TPSA) is 67.8 Å². The number of hydrogen-bond acceptors (Lipinski definition) is 3. The lowest BCUT2D eigenvalue weighted by Gasteiger charge is -2.11. The summed E-state index contributed by atoms with van der Waals surface area (Å²) in [5.74, 6) is 1.24. The van der Waals surface area contributed by atoms with Crippen LogP contribution in [0.3, 0.4) is 0 Å². The summed E-state index contributed by atoms with van der Waals surface area (Å²) < 4.78 is 5.74. The molecule has 3 N–H and O–H groups in total. The molecule has 0 aliphatic rings. The second kappa shape index (κ2) is 6.78. The molecule has 0 amide bonds. The lowest BCUT2D eigenvalue weighted by Crippen LogP contribution is -2.11. The molecule has 0 aliphatic carbocycles. The lowest BCUT2D eigenvalue weighted by molar-refractivity contribution is 0.301. The molecule has 0 unspecified atom stereocenters. The van der Waals surface area contributed by atoms with Crippen LogP contribution < -0.4 is 10.5 Å². The Morgan fingerprint density at radius 1 is 1.29 bits per heavy atom. The number of para-hydroxylation sites is 1. The third-order valence-corrected chi connectivity index (χ3v) is 2.61. The molecule has 0 atom stereocenters. The quantitative estimate of drug-likeness (QED) is 0.262. The number of benzene rings is 1. The number of hydrogen-bond donors (Lipinski definition) is 2. The maximum absolute atomic E-state index is 8.37. The smallest absolute Gasteiger partial charge is 0.139 e. The SMILES string of the molecule is Cc1cccc(C)c1OCCCCC(N)=NO. The molecular weight excluding hydrogens is 216 g/mol. The van der Waals surface area contributed by atoms with Gasteiger partial charge >= 0.3 is 0 Å². The van der Waals surface area contributed by atoms with Crippen molar-refractivity contribution < 1.29 is 9.94 Å². The molecule has 4 nitrogen and oxygen atoms in total. The van der Waals surface area contributed by atoms with E-state index in [9.17, 15) is 0 Å². The number of nitrogens with two attached hydrogens (primary N) is 1. The third kappa shape index (κ3) is 4.34. The first kappa shape index (κ1) is 13.4. The van der Waals surface area contributed by atoms with E-state index in [1.54, 1.807) is 0 Å². The molecule has 94 valence electrons. The van der Waals surface area contributed by atoms with E-state index >= 15 is 0 Å². The van der Waals surface area contributed by atoms with Crippen molar-refractivity contribution in [2.75, 3.05) is 6.61 Å². The first-order valence-corrected chi connectivity index (χ1v) is 5.80. The van der Waals surface area contributed by atoms with Crippen LogP contribution in [0.4, 0.5) is 0 Å². The van der Waals surface area contributed by atoms with Crippen LogP contribution in [0.25, 0.3) is 0 Å². The van der Waals surface area contributed by atoms with Crippen LogP contribution >= 0.6 is 0 Å². The van der Waals surface area contributed by atoms with E-state index in [1.807, 2.05) is 32.0 Å². The molecule has 17 heavy (non-hydrogen) atoms. The van der Waals surface area contributed by atoms with Crippen LogP contribution in [0.1, 0.15) is 30.4 Å². The minimum Gasteiger partial charge on any atom is -0.493 e. The van der Waals surface area contributed by atoms with E-state index in [4.69, 9.17) is 15.7 Å². The van der Waals surface area contributed by atoms with E-state index < -0.39 is 0 Å². The van der Waals surface area contributed by atoms with E-state index in [-0.39, 0.29) is 5.84 Å². The average Bonchev–Trinajstić information content (AvgIpc) is 2.31. The standard InChI is InChI=1S/C13H20N2O2/c1-10-6-5-7-11(2)13(10)17-9-4-3-8-12(14)15-16/h5-7,16H,3-4,8-9H2,1-2H3,(H2,14,15). The summed E-state index contributed by atoms with van der Waals surface area (Å²) in [5.41, 5.74) is 7.68. The minimum absolute atomic E-state index is 0.275. The fourth-order valence-corrected chi connectivity index (χ4v) is 1.66. The molecule has 0 spiro atoms. The molecule has 0 aliphatic heterocycles. The monoisotopic (exact) mass is 236 g/mol. The maximum Gasteiger partial charge on any atom is 0.139 e. The number of aryl methyl sites for hydroxylation is 2. The fourth-order valence-electron chi connectivity index (χ4n) is 1.66. The van der Waals surface area contributed by atoms with Crippen molar-refractivity contribution in [2.24, 2.45) is 10.9 Å². The molecule has 1 aromatic carbocycles. The number of unbranched alkanes of at least 4 members (excludes halogenated alkanes) is 1. The highest BCUT2D eigenvalue weighted by molar-refractivity contribution is 5.79. The van der Waals surface area contributed by atoms with Gasteiger partial charge < -0.3 is 15.7 Å². The van der Waals surface area contributed by atoms with E-state index in [2.05, 4.69) is 5.16 Å². The summed E-state index contributed by atoms with van der Waals surface area (Å²) in [4.78, 5) is 0. The zero-order valence-corrected chi connectivity index (χ0v) is 10.4. The predicted octanol–water partition coefficient (Wildman–Crippen LogP) is 2.60. The molecule has 0 saturated heterocycles. The molecule has 0 radical (unpaired) electrons. The molecule has 4 heteroatoms. The average molecular weight is 236 g/mol. The maximum atomic E-state index is 8.37. The van der Waals surface area contributed by atoms with Gasteiger partial charge in [-0.05, 0) is 37.8 Å². The van der Waals surface area contributed by atoms with E-state index in [0.29, 0.717) is 13.0 Å². The van der Waals surface area contributed by atoms with Gasteiger partial charge in [-0.15, -0.1) is 0 Å². The van der Waals surface area contributed by atoms with Gasteiger partial charge in [0, 0.05) is 6.42 Å². The van der Waals surface area contributed by atoms with Crippen molar-refractivity contribution in [2.45, 2.75) is 33.1 Å². The second-order valence-electron chi connectivity index (χ2n) is 4.12. The molecular formula is C13H20N2O2. The highest BCUT2D eigenvalue weighted by Crippen LogP contribution is 2.22. The van der Waals surface area contributed by atoms with Gasteiger partial charge in [0.05, 0.1) is 6.61 Å². The van der Waals surface area contributed by atoms with Crippen LogP contribution in [0, 0.1) is 13.8 Å². The number of rotatable bonds is 6. The molecule has 0 fully saturated rings. The zero-order chi connectivity index (χ0) is 12.7. The van der Waals surface area contributed by atoms with Gasteiger partial charge in [0.15, 0.2) is 0 Å². The van der Waals surface area contributed by atoms with Crippen LogP contribution in [-0.4, -0.2) is 17.6 Å². The van der Waals surface area contributed by atoms with Gasteiger partial charge in [-0.2, -0.15) is 0 Å². The van der Waals surface area contributed by atoms with Crippen LogP contribution in [0.5, 0.6) is 5.75 Å². The predicted molar refractivity (Wildman–Crippen MR) is 68.7 cm³/mol. The van der Waals surface area contributed by atoms with Gasteiger partial charge in [-0.25, -0.2) is 0 Å². The Hall–Kier alpha value is -1.71. The van der Waals surface area contributed by atoms with Crippen molar-refractivity contribution >= 4 is 5.84 Å². The number of amidine groups is 1. The van der Waals surface area contributed by atoms with Crippen LogP contribution in [0.15, 0.2) is 23.4 Å². The number of oxime groups is 1. The highest BCUT2D eigenvalue weighted by atomic mass is 16.5. The van der Waals surface area contributed by atoms with Crippen molar-refractivity contribution in [3.05, 3.63) is 29.3 Å². The summed E-state index contributed by atoms with van der Waals surface area (Å²) in [6.45, 7) is 4.74. The van der Waals surface area contributed by atoms with Gasteiger partial charge in [0.2, 0.25) is 0 Å². The summed E-state index contributed by atoms with van der Waals surface area (Å²) in [6.07, 6.45) is 2.36. The normalized spacial score (nSPS) is 11.5. The molecule has 0 saturated carbocycles. The minimum atomic E-state index is 0.275. The molecule has 0 aromatic heterocycles. The highest BCUT2D eigenvalue weighted by Gasteiger charge is 2.02. The van der Waals surface area contributed by atoms with Crippen molar-refractivity contribution in [1.82, 2.24) is 0 Å². The molecule has 1 aromatic rings. The number of ether oxygens (including phenoxy) is 1. The summed E-state index contributed by atoms with van der Waals surface area (Å²) in [6, 6.07) is 6.10. The summed E-state index contributed by atoms with van der Waals surface area (Å²) >= 11 is 0. The molecule has 0 heterocycles. The molecule has 1 rings (SSSR count). The Morgan fingerprint density at radius 2 is 1.94 bits per heavy atom. The Balaban J connectivity index is 2.32. The van der Waals surface area contributed by atoms with Gasteiger partial charge in [-0.1, -0.05) is 23.4 Å². The van der Waals surface area contributed by atoms with Gasteiger partial charge in [0.1, 0.15) is 11.6 Å². The summed E-state index contributed by atoms with van der Waals surface area (Å²) in [7, 11) is 0. The zero-order valence-electron chi connectivity index (χ0n) is 10.4. The van der Waals surface area contributed by atoms with E-state index in [1.165, 1.54) is 0 Å².